The van der Waals surface area contributed by atoms with Crippen molar-refractivity contribution >= 4 is 11.4 Å². The third-order valence-corrected chi connectivity index (χ3v) is 4.16. The van der Waals surface area contributed by atoms with E-state index in [9.17, 15) is 0 Å². The number of aryl methyl sites for hydroxylation is 2. The second-order valence-corrected chi connectivity index (χ2v) is 5.73. The Labute approximate surface area is 135 Å². The number of fused-ring (bicyclic) bond motifs is 2. The molecule has 0 saturated heterocycles. The fraction of sp³-hybridized carbons (Fsp3) is 0.400. The lowest BCUT2D eigenvalue weighted by Gasteiger charge is -2.16. The highest BCUT2D eigenvalue weighted by atomic mass is 14.9. The summed E-state index contributed by atoms with van der Waals surface area (Å²) in [5.74, 6) is 0. The molecule has 2 heterocycles. The number of hydrogen-bond donors (Lipinski definition) is 2. The van der Waals surface area contributed by atoms with Crippen molar-refractivity contribution in [2.24, 2.45) is 0 Å². The Morgan fingerprint density at radius 2 is 1.09 bits per heavy atom. The van der Waals surface area contributed by atoms with Gasteiger partial charge >= 0.3 is 0 Å². The van der Waals surface area contributed by atoms with Gasteiger partial charge in [-0.25, -0.2) is 0 Å². The van der Waals surface area contributed by atoms with Crippen molar-refractivity contribution in [2.75, 3.05) is 23.7 Å². The van der Waals surface area contributed by atoms with Crippen molar-refractivity contribution in [1.29, 1.82) is 0 Å². The van der Waals surface area contributed by atoms with Gasteiger partial charge in [-0.1, -0.05) is 43.8 Å². The molecular formula is C20H28N2. The van der Waals surface area contributed by atoms with E-state index in [1.54, 1.807) is 0 Å². The highest BCUT2D eigenvalue weighted by Gasteiger charge is 2.05. The minimum atomic E-state index is 0. The van der Waals surface area contributed by atoms with Gasteiger partial charge < -0.3 is 10.6 Å². The molecule has 2 N–H and O–H groups in total. The van der Waals surface area contributed by atoms with Crippen LogP contribution in [0.5, 0.6) is 0 Å². The summed E-state index contributed by atoms with van der Waals surface area (Å²) >= 11 is 0. The number of anilines is 2. The summed E-state index contributed by atoms with van der Waals surface area (Å²) in [7, 11) is 0. The molecular weight excluding hydrogens is 268 g/mol. The monoisotopic (exact) mass is 296 g/mol. The highest BCUT2D eigenvalue weighted by molar-refractivity contribution is 5.52. The average Bonchev–Trinajstić information content (AvgIpc) is 2.81. The molecule has 0 fully saturated rings. The largest absolute Gasteiger partial charge is 0.385 e. The van der Waals surface area contributed by atoms with Gasteiger partial charge in [-0.2, -0.15) is 0 Å². The van der Waals surface area contributed by atoms with Crippen LogP contribution in [-0.4, -0.2) is 13.1 Å². The Balaban J connectivity index is 0.000000154. The number of hydrogen-bond acceptors (Lipinski definition) is 2. The molecule has 0 saturated carbocycles. The highest BCUT2D eigenvalue weighted by Crippen LogP contribution is 2.20. The van der Waals surface area contributed by atoms with Crippen LogP contribution in [-0.2, 0) is 12.8 Å². The standard InChI is InChI=1S/C10H13N.C9H11N.CH4/c1-2-7-10-9(5-1)6-3-4-8-11-10;1-2-6-9-8(4-1)5-3-7-10-9;/h1-2,5,7,11H,3-4,6,8H2;1-2,4,6,10H,3,5,7H2;1H4. The van der Waals surface area contributed by atoms with Crippen molar-refractivity contribution in [1.82, 2.24) is 0 Å². The van der Waals surface area contributed by atoms with Crippen LogP contribution in [0.1, 0.15) is 37.8 Å². The molecule has 0 unspecified atom stereocenters. The van der Waals surface area contributed by atoms with Crippen LogP contribution < -0.4 is 10.6 Å². The van der Waals surface area contributed by atoms with Crippen LogP contribution in [0.15, 0.2) is 48.5 Å². The zero-order chi connectivity index (χ0) is 14.3. The second-order valence-electron chi connectivity index (χ2n) is 5.73. The number of para-hydroxylation sites is 2. The van der Waals surface area contributed by atoms with Crippen LogP contribution in [0, 0.1) is 0 Å². The zero-order valence-corrected chi connectivity index (χ0v) is 12.6. The van der Waals surface area contributed by atoms with E-state index in [1.807, 2.05) is 0 Å². The molecule has 2 aliphatic rings. The smallest absolute Gasteiger partial charge is 0.0372 e. The molecule has 0 bridgehead atoms. The van der Waals surface area contributed by atoms with Gasteiger partial charge in [0.1, 0.15) is 0 Å². The molecule has 0 radical (unpaired) electrons. The predicted molar refractivity (Wildman–Crippen MR) is 97.9 cm³/mol. The van der Waals surface area contributed by atoms with Crippen molar-refractivity contribution in [3.8, 4) is 0 Å². The molecule has 2 aliphatic heterocycles. The Morgan fingerprint density at radius 1 is 0.591 bits per heavy atom. The number of rotatable bonds is 0. The lowest BCUT2D eigenvalue weighted by molar-refractivity contribution is 0.785. The quantitative estimate of drug-likeness (QED) is 0.705. The topological polar surface area (TPSA) is 24.1 Å². The third kappa shape index (κ3) is 4.27. The first kappa shape index (κ1) is 16.4. The second kappa shape index (κ2) is 8.47. The summed E-state index contributed by atoms with van der Waals surface area (Å²) in [6.07, 6.45) is 6.38. The molecule has 4 rings (SSSR count). The molecule has 2 aromatic carbocycles. The van der Waals surface area contributed by atoms with Gasteiger partial charge in [0, 0.05) is 24.5 Å². The number of nitrogens with one attached hydrogen (secondary N) is 2. The van der Waals surface area contributed by atoms with Gasteiger partial charge in [-0.05, 0) is 55.4 Å². The number of benzene rings is 2. The first-order valence-electron chi connectivity index (χ1n) is 8.07. The minimum absolute atomic E-state index is 0. The maximum absolute atomic E-state index is 3.43. The van der Waals surface area contributed by atoms with Gasteiger partial charge in [0.05, 0.1) is 0 Å². The van der Waals surface area contributed by atoms with Crippen molar-refractivity contribution in [3.63, 3.8) is 0 Å². The van der Waals surface area contributed by atoms with Crippen molar-refractivity contribution in [3.05, 3.63) is 59.7 Å². The first-order chi connectivity index (χ1) is 10.4. The van der Waals surface area contributed by atoms with Gasteiger partial charge in [-0.15, -0.1) is 0 Å². The Hall–Kier alpha value is -1.96. The van der Waals surface area contributed by atoms with E-state index < -0.39 is 0 Å². The Kier molecular flexibility index (Phi) is 6.32. The lowest BCUT2D eigenvalue weighted by Crippen LogP contribution is -2.10. The molecule has 118 valence electrons. The maximum atomic E-state index is 3.43. The summed E-state index contributed by atoms with van der Waals surface area (Å²) in [5.41, 5.74) is 5.61. The van der Waals surface area contributed by atoms with Gasteiger partial charge in [0.15, 0.2) is 0 Å². The molecule has 2 aromatic rings. The summed E-state index contributed by atoms with van der Waals surface area (Å²) in [6.45, 7) is 2.27. The van der Waals surface area contributed by atoms with Crippen molar-refractivity contribution < 1.29 is 0 Å². The molecule has 0 aliphatic carbocycles. The van der Waals surface area contributed by atoms with E-state index >= 15 is 0 Å². The van der Waals surface area contributed by atoms with E-state index in [-0.39, 0.29) is 7.43 Å². The fourth-order valence-corrected chi connectivity index (χ4v) is 2.99. The van der Waals surface area contributed by atoms with E-state index in [0.717, 1.165) is 13.1 Å². The van der Waals surface area contributed by atoms with Gasteiger partial charge in [0.25, 0.3) is 0 Å². The first-order valence-corrected chi connectivity index (χ1v) is 8.07. The SMILES string of the molecule is C.c1ccc2c(c1)CCCCN2.c1ccc2c(c1)CCCN2. The average molecular weight is 296 g/mol. The third-order valence-electron chi connectivity index (χ3n) is 4.16. The molecule has 22 heavy (non-hydrogen) atoms. The fourth-order valence-electron chi connectivity index (χ4n) is 2.99. The summed E-state index contributed by atoms with van der Waals surface area (Å²) in [6, 6.07) is 17.1. The Morgan fingerprint density at radius 3 is 1.73 bits per heavy atom. The van der Waals surface area contributed by atoms with E-state index in [1.165, 1.54) is 54.6 Å². The molecule has 0 amide bonds. The summed E-state index contributed by atoms with van der Waals surface area (Å²) in [5, 5.41) is 6.79. The van der Waals surface area contributed by atoms with Gasteiger partial charge in [0.2, 0.25) is 0 Å². The zero-order valence-electron chi connectivity index (χ0n) is 12.6. The predicted octanol–water partition coefficient (Wildman–Crippen LogP) is 5.12. The van der Waals surface area contributed by atoms with Crippen LogP contribution in [0.25, 0.3) is 0 Å². The normalized spacial score (nSPS) is 15.3. The summed E-state index contributed by atoms with van der Waals surface area (Å²) < 4.78 is 0. The van der Waals surface area contributed by atoms with Crippen LogP contribution in [0.2, 0.25) is 0 Å². The molecule has 2 nitrogen and oxygen atoms in total. The molecule has 2 heteroatoms. The maximum Gasteiger partial charge on any atom is 0.0372 e. The van der Waals surface area contributed by atoms with E-state index in [4.69, 9.17) is 0 Å². The molecule has 0 aromatic heterocycles. The molecule has 0 spiro atoms. The van der Waals surface area contributed by atoms with Crippen LogP contribution in [0.3, 0.4) is 0 Å². The van der Waals surface area contributed by atoms with E-state index in [2.05, 4.69) is 59.2 Å². The van der Waals surface area contributed by atoms with E-state index in [0.29, 0.717) is 0 Å². The Bertz CT molecular complexity index is 527. The van der Waals surface area contributed by atoms with Crippen molar-refractivity contribution in [2.45, 2.75) is 39.5 Å². The van der Waals surface area contributed by atoms with Crippen LogP contribution in [0.4, 0.5) is 11.4 Å². The van der Waals surface area contributed by atoms with Crippen LogP contribution >= 0.6 is 0 Å². The minimum Gasteiger partial charge on any atom is -0.385 e. The van der Waals surface area contributed by atoms with Gasteiger partial charge in [-0.3, -0.25) is 0 Å². The molecule has 0 atom stereocenters. The lowest BCUT2D eigenvalue weighted by atomic mass is 10.0. The summed E-state index contributed by atoms with van der Waals surface area (Å²) in [4.78, 5) is 0.